The Morgan fingerprint density at radius 3 is 2.86 bits per heavy atom. The molecule has 0 fully saturated rings. The zero-order chi connectivity index (χ0) is 15.5. The van der Waals surface area contributed by atoms with Crippen LogP contribution in [0.1, 0.15) is 11.1 Å². The van der Waals surface area contributed by atoms with Gasteiger partial charge in [0, 0.05) is 0 Å². The summed E-state index contributed by atoms with van der Waals surface area (Å²) in [6.07, 6.45) is 0. The number of benzene rings is 2. The highest BCUT2D eigenvalue weighted by Crippen LogP contribution is 2.19. The molecule has 0 saturated heterocycles. The van der Waals surface area contributed by atoms with Gasteiger partial charge >= 0.3 is 0 Å². The monoisotopic (exact) mass is 295 g/mol. The Balaban J connectivity index is 1.63. The van der Waals surface area contributed by atoms with Crippen molar-refractivity contribution >= 4 is 22.9 Å². The Bertz CT molecular complexity index is 791. The normalized spacial score (nSPS) is 10.6. The minimum atomic E-state index is -0.250. The van der Waals surface area contributed by atoms with Gasteiger partial charge in [-0.15, -0.1) is 0 Å². The SMILES string of the molecule is Cc1ccc(C)c(OCC(=O)Nc2nc3ccccc3[nH]2)c1. The van der Waals surface area contributed by atoms with Gasteiger partial charge in [-0.2, -0.15) is 0 Å². The van der Waals surface area contributed by atoms with Crippen LogP contribution in [0.2, 0.25) is 0 Å². The lowest BCUT2D eigenvalue weighted by Gasteiger charge is -2.09. The van der Waals surface area contributed by atoms with Gasteiger partial charge in [-0.05, 0) is 43.2 Å². The number of nitrogens with zero attached hydrogens (tertiary/aromatic N) is 1. The van der Waals surface area contributed by atoms with Crippen molar-refractivity contribution in [2.24, 2.45) is 0 Å². The molecule has 0 atom stereocenters. The molecule has 3 aromatic rings. The van der Waals surface area contributed by atoms with Gasteiger partial charge in [0.1, 0.15) is 5.75 Å². The van der Waals surface area contributed by atoms with E-state index in [-0.39, 0.29) is 12.5 Å². The average molecular weight is 295 g/mol. The summed E-state index contributed by atoms with van der Waals surface area (Å²) < 4.78 is 5.57. The van der Waals surface area contributed by atoms with Gasteiger partial charge in [-0.3, -0.25) is 10.1 Å². The first-order valence-corrected chi connectivity index (χ1v) is 7.06. The Hall–Kier alpha value is -2.82. The minimum absolute atomic E-state index is 0.0542. The first kappa shape index (κ1) is 14.1. The van der Waals surface area contributed by atoms with Crippen LogP contribution < -0.4 is 10.1 Å². The topological polar surface area (TPSA) is 67.0 Å². The first-order valence-electron chi connectivity index (χ1n) is 7.06. The number of aromatic amines is 1. The molecule has 5 nitrogen and oxygen atoms in total. The third-order valence-corrected chi connectivity index (χ3v) is 3.35. The Morgan fingerprint density at radius 1 is 1.23 bits per heavy atom. The van der Waals surface area contributed by atoms with Crippen molar-refractivity contribution < 1.29 is 9.53 Å². The molecule has 0 unspecified atom stereocenters. The number of aromatic nitrogens is 2. The lowest BCUT2D eigenvalue weighted by molar-refractivity contribution is -0.118. The van der Waals surface area contributed by atoms with E-state index < -0.39 is 0 Å². The summed E-state index contributed by atoms with van der Waals surface area (Å²) in [5.41, 5.74) is 3.79. The van der Waals surface area contributed by atoms with E-state index in [0.29, 0.717) is 5.95 Å². The zero-order valence-electron chi connectivity index (χ0n) is 12.5. The van der Waals surface area contributed by atoms with Crippen molar-refractivity contribution in [1.29, 1.82) is 0 Å². The number of fused-ring (bicyclic) bond motifs is 1. The fourth-order valence-electron chi connectivity index (χ4n) is 2.19. The second-order valence-electron chi connectivity index (χ2n) is 5.21. The van der Waals surface area contributed by atoms with E-state index in [1.807, 2.05) is 56.3 Å². The minimum Gasteiger partial charge on any atom is -0.483 e. The van der Waals surface area contributed by atoms with Gasteiger partial charge in [-0.25, -0.2) is 4.98 Å². The fraction of sp³-hybridized carbons (Fsp3) is 0.176. The summed E-state index contributed by atoms with van der Waals surface area (Å²) in [5, 5.41) is 2.71. The molecule has 0 aliphatic carbocycles. The molecule has 3 rings (SSSR count). The van der Waals surface area contributed by atoms with Gasteiger partial charge in [-0.1, -0.05) is 24.3 Å². The molecule has 0 aliphatic rings. The van der Waals surface area contributed by atoms with Crippen LogP contribution in [-0.2, 0) is 4.79 Å². The van der Waals surface area contributed by atoms with E-state index in [1.165, 1.54) is 0 Å². The standard InChI is InChI=1S/C17H17N3O2/c1-11-7-8-12(2)15(9-11)22-10-16(21)20-17-18-13-5-3-4-6-14(13)19-17/h3-9H,10H2,1-2H3,(H2,18,19,20,21). The van der Waals surface area contributed by atoms with E-state index in [2.05, 4.69) is 15.3 Å². The molecule has 0 bridgehead atoms. The maximum absolute atomic E-state index is 12.0. The lowest BCUT2D eigenvalue weighted by Crippen LogP contribution is -2.21. The van der Waals surface area contributed by atoms with Crippen LogP contribution in [0.15, 0.2) is 42.5 Å². The molecule has 0 radical (unpaired) electrons. The molecule has 1 heterocycles. The Morgan fingerprint density at radius 2 is 2.05 bits per heavy atom. The Labute approximate surface area is 128 Å². The fourth-order valence-corrected chi connectivity index (χ4v) is 2.19. The van der Waals surface area contributed by atoms with Gasteiger partial charge < -0.3 is 9.72 Å². The first-order chi connectivity index (χ1) is 10.6. The molecule has 1 aromatic heterocycles. The summed E-state index contributed by atoms with van der Waals surface area (Å²) in [6.45, 7) is 3.88. The number of aryl methyl sites for hydroxylation is 2. The van der Waals surface area contributed by atoms with Gasteiger partial charge in [0.25, 0.3) is 5.91 Å². The number of hydrogen-bond acceptors (Lipinski definition) is 3. The smallest absolute Gasteiger partial charge is 0.264 e. The lowest BCUT2D eigenvalue weighted by atomic mass is 10.1. The molecular weight excluding hydrogens is 278 g/mol. The second-order valence-corrected chi connectivity index (χ2v) is 5.21. The maximum atomic E-state index is 12.0. The van der Waals surface area contributed by atoms with Gasteiger partial charge in [0.15, 0.2) is 6.61 Å². The van der Waals surface area contributed by atoms with Crippen molar-refractivity contribution in [3.63, 3.8) is 0 Å². The van der Waals surface area contributed by atoms with Crippen LogP contribution in [0.3, 0.4) is 0 Å². The summed E-state index contributed by atoms with van der Waals surface area (Å²) in [5.74, 6) is 0.899. The van der Waals surface area contributed by atoms with Crippen LogP contribution in [0.5, 0.6) is 5.75 Å². The number of rotatable bonds is 4. The number of nitrogens with one attached hydrogen (secondary N) is 2. The average Bonchev–Trinajstić information content (AvgIpc) is 2.90. The molecule has 1 amide bonds. The molecule has 22 heavy (non-hydrogen) atoms. The predicted octanol–water partition coefficient (Wildman–Crippen LogP) is 3.20. The highest BCUT2D eigenvalue weighted by Gasteiger charge is 2.08. The van der Waals surface area contributed by atoms with Crippen LogP contribution in [0.25, 0.3) is 11.0 Å². The van der Waals surface area contributed by atoms with Crippen LogP contribution in [0, 0.1) is 13.8 Å². The van der Waals surface area contributed by atoms with Crippen molar-refractivity contribution in [2.45, 2.75) is 13.8 Å². The van der Waals surface area contributed by atoms with E-state index in [0.717, 1.165) is 27.9 Å². The number of ether oxygens (including phenoxy) is 1. The molecule has 0 spiro atoms. The molecule has 112 valence electrons. The van der Waals surface area contributed by atoms with Gasteiger partial charge in [0.05, 0.1) is 11.0 Å². The number of amides is 1. The van der Waals surface area contributed by atoms with E-state index in [9.17, 15) is 4.79 Å². The van der Waals surface area contributed by atoms with Crippen molar-refractivity contribution in [3.05, 3.63) is 53.6 Å². The van der Waals surface area contributed by atoms with Gasteiger partial charge in [0.2, 0.25) is 5.95 Å². The number of imidazole rings is 1. The quantitative estimate of drug-likeness (QED) is 0.776. The number of para-hydroxylation sites is 2. The predicted molar refractivity (Wildman–Crippen MR) is 86.1 cm³/mol. The highest BCUT2D eigenvalue weighted by atomic mass is 16.5. The largest absolute Gasteiger partial charge is 0.483 e. The van der Waals surface area contributed by atoms with Crippen molar-refractivity contribution in [1.82, 2.24) is 9.97 Å². The maximum Gasteiger partial charge on any atom is 0.264 e. The molecule has 5 heteroatoms. The number of H-pyrrole nitrogens is 1. The van der Waals surface area contributed by atoms with E-state index in [4.69, 9.17) is 4.74 Å². The molecular formula is C17H17N3O2. The van der Waals surface area contributed by atoms with Crippen LogP contribution in [-0.4, -0.2) is 22.5 Å². The third kappa shape index (κ3) is 3.09. The molecule has 2 N–H and O–H groups in total. The van der Waals surface area contributed by atoms with Crippen LogP contribution >= 0.6 is 0 Å². The summed E-state index contributed by atoms with van der Waals surface area (Å²) in [7, 11) is 0. The summed E-state index contributed by atoms with van der Waals surface area (Å²) in [6, 6.07) is 13.5. The van der Waals surface area contributed by atoms with E-state index in [1.54, 1.807) is 0 Å². The van der Waals surface area contributed by atoms with Crippen molar-refractivity contribution in [3.8, 4) is 5.75 Å². The van der Waals surface area contributed by atoms with Crippen molar-refractivity contribution in [2.75, 3.05) is 11.9 Å². The summed E-state index contributed by atoms with van der Waals surface area (Å²) in [4.78, 5) is 19.3. The number of carbonyl (C=O) groups is 1. The zero-order valence-corrected chi connectivity index (χ0v) is 12.5. The molecule has 0 saturated carbocycles. The third-order valence-electron chi connectivity index (χ3n) is 3.35. The van der Waals surface area contributed by atoms with Crippen LogP contribution in [0.4, 0.5) is 5.95 Å². The molecule has 2 aromatic carbocycles. The number of hydrogen-bond donors (Lipinski definition) is 2. The second kappa shape index (κ2) is 5.89. The Kier molecular flexibility index (Phi) is 3.78. The molecule has 0 aliphatic heterocycles. The number of anilines is 1. The highest BCUT2D eigenvalue weighted by molar-refractivity contribution is 5.92. The van der Waals surface area contributed by atoms with E-state index >= 15 is 0 Å². The summed E-state index contributed by atoms with van der Waals surface area (Å²) >= 11 is 0. The number of carbonyl (C=O) groups excluding carboxylic acids is 1.